The van der Waals surface area contributed by atoms with E-state index in [0.29, 0.717) is 17.6 Å². The highest BCUT2D eigenvalue weighted by Gasteiger charge is 2.54. The van der Waals surface area contributed by atoms with Crippen molar-refractivity contribution in [2.75, 3.05) is 6.61 Å². The fraction of sp³-hybridized carbons (Fsp3) is 0.367. The van der Waals surface area contributed by atoms with Gasteiger partial charge in [-0.1, -0.05) is 88.0 Å². The van der Waals surface area contributed by atoms with Crippen molar-refractivity contribution < 1.29 is 18.7 Å². The predicted molar refractivity (Wildman–Crippen MR) is 153 cm³/mol. The zero-order valence-electron chi connectivity index (χ0n) is 23.1. The Hall–Kier alpha value is -3.53. The Bertz CT molecular complexity index is 1400. The number of hydrogen-bond acceptors (Lipinski definition) is 6. The van der Waals surface area contributed by atoms with Gasteiger partial charge in [-0.05, 0) is 27.9 Å². The zero-order chi connectivity index (χ0) is 28.4. The number of aromatic nitrogens is 2. The highest BCUT2D eigenvalue weighted by atomic mass is 28.4. The molecule has 0 aliphatic carbocycles. The van der Waals surface area contributed by atoms with Crippen LogP contribution < -0.4 is 21.6 Å². The molecule has 0 unspecified atom stereocenters. The van der Waals surface area contributed by atoms with Crippen LogP contribution in [0.2, 0.25) is 5.04 Å². The summed E-state index contributed by atoms with van der Waals surface area (Å²) in [5.41, 5.74) is -0.0779. The molecule has 3 aromatic rings. The zero-order valence-corrected chi connectivity index (χ0v) is 24.1. The third-order valence-electron chi connectivity index (χ3n) is 7.14. The maximum absolute atomic E-state index is 12.8. The summed E-state index contributed by atoms with van der Waals surface area (Å²) < 4.78 is 20.4. The van der Waals surface area contributed by atoms with E-state index in [1.54, 1.807) is 6.92 Å². The Morgan fingerprint density at radius 2 is 1.64 bits per heavy atom. The molecule has 2 heterocycles. The third-order valence-corrected chi connectivity index (χ3v) is 12.2. The van der Waals surface area contributed by atoms with Crippen LogP contribution >= 0.6 is 0 Å². The van der Waals surface area contributed by atoms with Gasteiger partial charge in [-0.25, -0.2) is 4.79 Å². The molecule has 206 valence electrons. The van der Waals surface area contributed by atoms with E-state index in [4.69, 9.17) is 13.9 Å². The minimum atomic E-state index is -2.98. The second kappa shape index (κ2) is 11.3. The average Bonchev–Trinajstić information content (AvgIpc) is 3.31. The smallest absolute Gasteiger partial charge is 0.330 e. The molecule has 3 atom stereocenters. The van der Waals surface area contributed by atoms with Crippen molar-refractivity contribution in [3.05, 3.63) is 105 Å². The Morgan fingerprint density at radius 3 is 2.15 bits per heavy atom. The van der Waals surface area contributed by atoms with Gasteiger partial charge >= 0.3 is 11.7 Å². The maximum Gasteiger partial charge on any atom is 0.330 e. The Labute approximate surface area is 229 Å². The van der Waals surface area contributed by atoms with Gasteiger partial charge in [-0.2, -0.15) is 0 Å². The van der Waals surface area contributed by atoms with E-state index in [0.717, 1.165) is 10.4 Å². The van der Waals surface area contributed by atoms with Crippen molar-refractivity contribution in [1.29, 1.82) is 0 Å². The summed E-state index contributed by atoms with van der Waals surface area (Å²) in [6, 6.07) is 20.5. The number of ether oxygens (including phenoxy) is 2. The molecule has 1 N–H and O–H groups in total. The van der Waals surface area contributed by atoms with Gasteiger partial charge in [0.25, 0.3) is 13.9 Å². The second-order valence-corrected chi connectivity index (χ2v) is 15.2. The largest absolute Gasteiger partial charge is 0.461 e. The molecule has 2 aromatic carbocycles. The Kier molecular flexibility index (Phi) is 8.25. The lowest BCUT2D eigenvalue weighted by atomic mass is 10.1. The average molecular weight is 549 g/mol. The molecule has 1 saturated heterocycles. The third kappa shape index (κ3) is 5.75. The van der Waals surface area contributed by atoms with Crippen molar-refractivity contribution in [3.63, 3.8) is 0 Å². The molecule has 8 nitrogen and oxygen atoms in total. The number of esters is 1. The Morgan fingerprint density at radius 1 is 1.08 bits per heavy atom. The summed E-state index contributed by atoms with van der Waals surface area (Å²) in [6.45, 7) is 13.7. The first-order valence-corrected chi connectivity index (χ1v) is 14.9. The summed E-state index contributed by atoms with van der Waals surface area (Å²) in [4.78, 5) is 38.7. The van der Waals surface area contributed by atoms with Crippen molar-refractivity contribution in [3.8, 4) is 0 Å². The first-order valence-electron chi connectivity index (χ1n) is 13.0. The normalized spacial score (nSPS) is 19.6. The molecule has 1 aromatic heterocycles. The molecule has 0 amide bonds. The van der Waals surface area contributed by atoms with Crippen molar-refractivity contribution >= 4 is 24.7 Å². The molecule has 1 aliphatic heterocycles. The summed E-state index contributed by atoms with van der Waals surface area (Å²) in [7, 11) is -2.98. The van der Waals surface area contributed by atoms with Crippen LogP contribution in [0.4, 0.5) is 0 Å². The van der Waals surface area contributed by atoms with Crippen LogP contribution in [0.3, 0.4) is 0 Å². The van der Waals surface area contributed by atoms with Crippen LogP contribution in [-0.4, -0.2) is 42.7 Å². The molecule has 9 heteroatoms. The summed E-state index contributed by atoms with van der Waals surface area (Å²) in [6.07, 6.45) is -0.0447. The molecule has 39 heavy (non-hydrogen) atoms. The first kappa shape index (κ1) is 28.5. The first-order chi connectivity index (χ1) is 18.4. The number of rotatable bonds is 8. The molecule has 0 radical (unpaired) electrons. The van der Waals surface area contributed by atoms with Crippen LogP contribution in [0.25, 0.3) is 0 Å². The topological polar surface area (TPSA) is 99.6 Å². The van der Waals surface area contributed by atoms with Crippen LogP contribution in [-0.2, 0) is 18.7 Å². The standard InChI is InChI=1S/C30H36N2O6Si/c1-20-18-32(29(35)31-28(20)34)26-17-25(27(37-26)21(2)19-36-22(3)33)38-39(30(4,5)6,23-13-9-7-10-14-23)24-15-11-8-12-16-24/h7-16,18,25-27H,2,17,19H2,1,3-6H3,(H,31,34,35)/t25-,26+,27+/m0/s1. The molecule has 4 rings (SSSR count). The van der Waals surface area contributed by atoms with Crippen molar-refractivity contribution in [2.45, 2.75) is 64.5 Å². The molecule has 0 saturated carbocycles. The predicted octanol–water partition coefficient (Wildman–Crippen LogP) is 3.20. The molecule has 0 spiro atoms. The lowest BCUT2D eigenvalue weighted by molar-refractivity contribution is -0.140. The van der Waals surface area contributed by atoms with Gasteiger partial charge in [0.05, 0.1) is 6.10 Å². The van der Waals surface area contributed by atoms with Crippen LogP contribution in [0.1, 0.15) is 45.9 Å². The molecule has 1 aliphatic rings. The van der Waals surface area contributed by atoms with Crippen LogP contribution in [0, 0.1) is 6.92 Å². The number of hydrogen-bond donors (Lipinski definition) is 1. The van der Waals surface area contributed by atoms with Crippen LogP contribution in [0.15, 0.2) is 88.6 Å². The SMILES string of the molecule is C=C(COC(C)=O)[C@H]1O[C@@H](n2cc(C)c(=O)[nH]c2=O)C[C@@H]1O[Si](c1ccccc1)(c1ccccc1)C(C)(C)C. The van der Waals surface area contributed by atoms with Crippen molar-refractivity contribution in [1.82, 2.24) is 9.55 Å². The number of H-pyrrole nitrogens is 1. The molecule has 0 bridgehead atoms. The molecular formula is C30H36N2O6Si. The van der Waals surface area contributed by atoms with E-state index in [1.165, 1.54) is 17.7 Å². The van der Waals surface area contributed by atoms with E-state index in [1.807, 2.05) is 36.4 Å². The number of aryl methyl sites for hydroxylation is 1. The number of nitrogens with one attached hydrogen (secondary N) is 1. The van der Waals surface area contributed by atoms with Gasteiger partial charge in [0.2, 0.25) is 0 Å². The number of benzene rings is 2. The fourth-order valence-corrected chi connectivity index (χ4v) is 9.97. The number of aromatic amines is 1. The number of nitrogens with zero attached hydrogens (tertiary/aromatic N) is 1. The monoisotopic (exact) mass is 548 g/mol. The minimum Gasteiger partial charge on any atom is -0.461 e. The number of carbonyl (C=O) groups excluding carboxylic acids is 1. The summed E-state index contributed by atoms with van der Waals surface area (Å²) in [5.74, 6) is -0.428. The van der Waals surface area contributed by atoms with E-state index in [-0.39, 0.29) is 11.6 Å². The second-order valence-electron chi connectivity index (χ2n) is 11.0. The van der Waals surface area contributed by atoms with Gasteiger partial charge in [0, 0.05) is 25.1 Å². The van der Waals surface area contributed by atoms with Crippen LogP contribution in [0.5, 0.6) is 0 Å². The quantitative estimate of drug-likeness (QED) is 0.264. The lowest BCUT2D eigenvalue weighted by Gasteiger charge is -2.45. The number of carbonyl (C=O) groups is 1. The minimum absolute atomic E-state index is 0.0348. The maximum atomic E-state index is 12.8. The van der Waals surface area contributed by atoms with Crippen molar-refractivity contribution in [2.24, 2.45) is 0 Å². The molecular weight excluding hydrogens is 512 g/mol. The van der Waals surface area contributed by atoms with E-state index < -0.39 is 44.0 Å². The van der Waals surface area contributed by atoms with E-state index in [9.17, 15) is 14.4 Å². The van der Waals surface area contributed by atoms with E-state index >= 15 is 0 Å². The highest BCUT2D eigenvalue weighted by Crippen LogP contribution is 2.42. The van der Waals surface area contributed by atoms with E-state index in [2.05, 4.69) is 56.6 Å². The van der Waals surface area contributed by atoms with Gasteiger partial charge in [0.15, 0.2) is 0 Å². The summed E-state index contributed by atoms with van der Waals surface area (Å²) >= 11 is 0. The summed E-state index contributed by atoms with van der Waals surface area (Å²) in [5, 5.41) is 1.92. The van der Waals surface area contributed by atoms with Gasteiger partial charge < -0.3 is 13.9 Å². The lowest BCUT2D eigenvalue weighted by Crippen LogP contribution is -2.68. The van der Waals surface area contributed by atoms with Gasteiger partial charge in [-0.3, -0.25) is 19.1 Å². The Balaban J connectivity index is 1.83. The fourth-order valence-electron chi connectivity index (χ4n) is 5.28. The molecule has 1 fully saturated rings. The highest BCUT2D eigenvalue weighted by molar-refractivity contribution is 6.99. The van der Waals surface area contributed by atoms with Gasteiger partial charge in [0.1, 0.15) is 18.9 Å². The van der Waals surface area contributed by atoms with Gasteiger partial charge in [-0.15, -0.1) is 0 Å².